The van der Waals surface area contributed by atoms with E-state index in [2.05, 4.69) is 87.7 Å². The number of benzene rings is 4. The number of hydrogen-bond donors (Lipinski definition) is 0. The van der Waals surface area contributed by atoms with Crippen LogP contribution in [0.3, 0.4) is 0 Å². The van der Waals surface area contributed by atoms with E-state index in [1.54, 1.807) is 12.4 Å². The van der Waals surface area contributed by atoms with Crippen LogP contribution in [0.5, 0.6) is 0 Å². The van der Waals surface area contributed by atoms with Crippen LogP contribution >= 0.6 is 0 Å². The van der Waals surface area contributed by atoms with Crippen molar-refractivity contribution in [3.8, 4) is 11.1 Å². The van der Waals surface area contributed by atoms with E-state index in [1.807, 2.05) is 42.7 Å². The van der Waals surface area contributed by atoms with Crippen molar-refractivity contribution in [3.63, 3.8) is 0 Å². The van der Waals surface area contributed by atoms with Crippen molar-refractivity contribution in [2.24, 2.45) is 0 Å². The molecule has 8 rings (SSSR count). The van der Waals surface area contributed by atoms with Gasteiger partial charge in [-0.3, -0.25) is 9.97 Å². The highest BCUT2D eigenvalue weighted by atomic mass is 16.3. The molecule has 0 aliphatic carbocycles. The maximum Gasteiger partial charge on any atom is 0.138 e. The van der Waals surface area contributed by atoms with Crippen LogP contribution in [0, 0.1) is 0 Å². The van der Waals surface area contributed by atoms with Gasteiger partial charge in [0.25, 0.3) is 0 Å². The highest BCUT2D eigenvalue weighted by molar-refractivity contribution is 6.08. The summed E-state index contributed by atoms with van der Waals surface area (Å²) in [6.45, 7) is 0. The summed E-state index contributed by atoms with van der Waals surface area (Å²) >= 11 is 0. The molecule has 8 aromatic rings. The predicted molar refractivity (Wildman–Crippen MR) is 157 cm³/mol. The van der Waals surface area contributed by atoms with Gasteiger partial charge in [0.15, 0.2) is 0 Å². The van der Waals surface area contributed by atoms with E-state index in [-0.39, 0.29) is 0 Å². The molecule has 0 aliphatic heterocycles. The van der Waals surface area contributed by atoms with Crippen molar-refractivity contribution in [1.29, 1.82) is 0 Å². The van der Waals surface area contributed by atoms with Crippen molar-refractivity contribution in [2.45, 2.75) is 0 Å². The first-order valence-corrected chi connectivity index (χ1v) is 12.8. The van der Waals surface area contributed by atoms with Gasteiger partial charge in [0.1, 0.15) is 22.3 Å². The molecule has 0 unspecified atom stereocenters. The molecule has 4 heterocycles. The number of pyridine rings is 2. The Kier molecular flexibility index (Phi) is 4.76. The Bertz CT molecular complexity index is 2030. The molecule has 5 heteroatoms. The van der Waals surface area contributed by atoms with Crippen LogP contribution < -0.4 is 4.90 Å². The van der Waals surface area contributed by atoms with Gasteiger partial charge >= 0.3 is 0 Å². The van der Waals surface area contributed by atoms with Crippen LogP contribution in [0.1, 0.15) is 0 Å². The van der Waals surface area contributed by atoms with E-state index >= 15 is 0 Å². The van der Waals surface area contributed by atoms with Gasteiger partial charge in [-0.05, 0) is 60.2 Å². The first kappa shape index (κ1) is 21.6. The fraction of sp³-hybridized carbons (Fsp3) is 0. The molecule has 0 spiro atoms. The summed E-state index contributed by atoms with van der Waals surface area (Å²) in [5.41, 5.74) is 8.71. The lowest BCUT2D eigenvalue weighted by Gasteiger charge is -2.28. The Hall–Kier alpha value is -5.42. The monoisotopic (exact) mass is 503 g/mol. The Morgan fingerprint density at radius 3 is 1.64 bits per heavy atom. The topological polar surface area (TPSA) is 55.3 Å². The first-order valence-electron chi connectivity index (χ1n) is 12.8. The summed E-state index contributed by atoms with van der Waals surface area (Å²) in [5, 5.41) is 4.04. The number of anilines is 3. The molecule has 4 aromatic carbocycles. The highest BCUT2D eigenvalue weighted by Crippen LogP contribution is 2.44. The third kappa shape index (κ3) is 3.48. The van der Waals surface area contributed by atoms with E-state index in [0.29, 0.717) is 0 Å². The van der Waals surface area contributed by atoms with Crippen LogP contribution in [0.4, 0.5) is 17.1 Å². The zero-order valence-corrected chi connectivity index (χ0v) is 20.8. The van der Waals surface area contributed by atoms with E-state index in [4.69, 9.17) is 8.83 Å². The van der Waals surface area contributed by atoms with Gasteiger partial charge in [0.2, 0.25) is 0 Å². The number of para-hydroxylation sites is 1. The summed E-state index contributed by atoms with van der Waals surface area (Å²) in [5.74, 6) is 0. The fourth-order valence-electron chi connectivity index (χ4n) is 5.45. The number of nitrogens with zero attached hydrogens (tertiary/aromatic N) is 3. The third-order valence-corrected chi connectivity index (χ3v) is 7.25. The van der Waals surface area contributed by atoms with Crippen LogP contribution in [0.2, 0.25) is 0 Å². The molecule has 4 aromatic heterocycles. The lowest BCUT2D eigenvalue weighted by atomic mass is 10.0. The number of fused-ring (bicyclic) bond motifs is 6. The summed E-state index contributed by atoms with van der Waals surface area (Å²) in [6.07, 6.45) is 7.24. The molecule has 0 amide bonds. The Balaban J connectivity index is 1.41. The molecule has 0 N–H and O–H groups in total. The summed E-state index contributed by atoms with van der Waals surface area (Å²) in [6, 6.07) is 35.5. The van der Waals surface area contributed by atoms with Gasteiger partial charge in [0.05, 0.1) is 5.69 Å². The molecule has 0 bridgehead atoms. The molecular formula is C34H21N3O2. The van der Waals surface area contributed by atoms with E-state index in [9.17, 15) is 0 Å². The van der Waals surface area contributed by atoms with Crippen LogP contribution in [0.15, 0.2) is 137 Å². The maximum absolute atomic E-state index is 6.11. The smallest absolute Gasteiger partial charge is 0.138 e. The van der Waals surface area contributed by atoms with Gasteiger partial charge in [-0.1, -0.05) is 48.5 Å². The Morgan fingerprint density at radius 1 is 0.487 bits per heavy atom. The van der Waals surface area contributed by atoms with Crippen molar-refractivity contribution in [1.82, 2.24) is 9.97 Å². The average Bonchev–Trinajstić information content (AvgIpc) is 3.56. The zero-order valence-electron chi connectivity index (χ0n) is 20.8. The van der Waals surface area contributed by atoms with Gasteiger partial charge in [-0.15, -0.1) is 0 Å². The second-order valence-electron chi connectivity index (χ2n) is 9.53. The predicted octanol–water partition coefficient (Wildman–Crippen LogP) is 9.41. The summed E-state index contributed by atoms with van der Waals surface area (Å²) < 4.78 is 12.2. The van der Waals surface area contributed by atoms with Crippen LogP contribution in [-0.2, 0) is 0 Å². The van der Waals surface area contributed by atoms with Crippen molar-refractivity contribution in [3.05, 3.63) is 128 Å². The number of aromatic nitrogens is 2. The lowest BCUT2D eigenvalue weighted by Crippen LogP contribution is -2.11. The van der Waals surface area contributed by atoms with Gasteiger partial charge in [-0.2, -0.15) is 0 Å². The van der Waals surface area contributed by atoms with Crippen LogP contribution in [0.25, 0.3) is 55.0 Å². The van der Waals surface area contributed by atoms with Gasteiger partial charge in [0, 0.05) is 63.3 Å². The van der Waals surface area contributed by atoms with Gasteiger partial charge < -0.3 is 13.7 Å². The quantitative estimate of drug-likeness (QED) is 0.239. The normalized spacial score (nSPS) is 11.6. The van der Waals surface area contributed by atoms with Gasteiger partial charge in [-0.25, -0.2) is 0 Å². The molecule has 184 valence electrons. The molecule has 0 aliphatic rings. The Morgan fingerprint density at radius 2 is 1.03 bits per heavy atom. The molecule has 5 nitrogen and oxygen atoms in total. The minimum absolute atomic E-state index is 0.826. The van der Waals surface area contributed by atoms with E-state index < -0.39 is 0 Å². The fourth-order valence-corrected chi connectivity index (χ4v) is 5.45. The standard InChI is InChI=1S/C34H21N3O2/c1-2-6-22(7-3-1)25-8-4-5-9-30(25)37(23-10-12-31-26(18-23)28-20-35-16-14-33(28)38-31)24-11-13-32-27(19-24)29-21-36-17-15-34(29)39-32/h1-21H. The molecule has 0 radical (unpaired) electrons. The molecule has 39 heavy (non-hydrogen) atoms. The third-order valence-electron chi connectivity index (χ3n) is 7.25. The molecular weight excluding hydrogens is 482 g/mol. The molecule has 0 saturated heterocycles. The summed E-state index contributed by atoms with van der Waals surface area (Å²) in [4.78, 5) is 11.0. The minimum atomic E-state index is 0.826. The second-order valence-corrected chi connectivity index (χ2v) is 9.53. The van der Waals surface area contributed by atoms with Crippen molar-refractivity contribution < 1.29 is 8.83 Å². The highest BCUT2D eigenvalue weighted by Gasteiger charge is 2.20. The van der Waals surface area contributed by atoms with Crippen molar-refractivity contribution in [2.75, 3.05) is 4.90 Å². The first-order chi connectivity index (χ1) is 19.3. The average molecular weight is 504 g/mol. The lowest BCUT2D eigenvalue weighted by molar-refractivity contribution is 0.668. The molecule has 0 fully saturated rings. The number of hydrogen-bond acceptors (Lipinski definition) is 5. The Labute approximate surface area is 223 Å². The van der Waals surface area contributed by atoms with E-state index in [1.165, 1.54) is 0 Å². The SMILES string of the molecule is c1ccc(-c2ccccc2N(c2ccc3oc4ccncc4c3c2)c2ccc3oc4ccncc4c3c2)cc1. The summed E-state index contributed by atoms with van der Waals surface area (Å²) in [7, 11) is 0. The van der Waals surface area contributed by atoms with E-state index in [0.717, 1.165) is 72.1 Å². The molecule has 0 saturated carbocycles. The maximum atomic E-state index is 6.11. The second kappa shape index (κ2) is 8.57. The number of furan rings is 2. The van der Waals surface area contributed by atoms with Crippen LogP contribution in [-0.4, -0.2) is 9.97 Å². The minimum Gasteiger partial charge on any atom is -0.456 e. The number of rotatable bonds is 4. The van der Waals surface area contributed by atoms with Crippen molar-refractivity contribution >= 4 is 60.9 Å². The largest absolute Gasteiger partial charge is 0.456 e. The zero-order chi connectivity index (χ0) is 25.8. The molecule has 0 atom stereocenters.